The lowest BCUT2D eigenvalue weighted by Crippen LogP contribution is -2.43. The number of nitrogens with zero attached hydrogens (tertiary/aromatic N) is 1. The topological polar surface area (TPSA) is 49.4 Å². The van der Waals surface area contributed by atoms with Crippen LogP contribution in [-0.4, -0.2) is 29.8 Å². The van der Waals surface area contributed by atoms with E-state index < -0.39 is 0 Å². The number of amides is 2. The molecule has 2 aromatic carbocycles. The molecule has 0 bridgehead atoms. The van der Waals surface area contributed by atoms with Gasteiger partial charge in [-0.25, -0.2) is 4.39 Å². The summed E-state index contributed by atoms with van der Waals surface area (Å²) in [6.45, 7) is 5.03. The highest BCUT2D eigenvalue weighted by molar-refractivity contribution is 5.96. The molecule has 0 spiro atoms. The minimum absolute atomic E-state index is 0.0649. The average Bonchev–Trinajstić information content (AvgIpc) is 2.65. The molecular formula is C21H23FN2O2. The van der Waals surface area contributed by atoms with E-state index in [0.29, 0.717) is 18.7 Å². The van der Waals surface area contributed by atoms with Gasteiger partial charge >= 0.3 is 0 Å². The van der Waals surface area contributed by atoms with Crippen LogP contribution in [0.2, 0.25) is 0 Å². The first-order valence-corrected chi connectivity index (χ1v) is 8.87. The number of halogens is 1. The SMILES string of the molecule is Cc1ccc(NC(=O)C2CCCN(C(=O)c3ccc(F)cc3)C2)cc1C. The van der Waals surface area contributed by atoms with Gasteiger partial charge in [0.2, 0.25) is 5.91 Å². The number of aryl methyl sites for hydroxylation is 2. The number of carbonyl (C=O) groups excluding carboxylic acids is 2. The van der Waals surface area contributed by atoms with Gasteiger partial charge in [0.05, 0.1) is 5.92 Å². The van der Waals surface area contributed by atoms with E-state index in [2.05, 4.69) is 5.32 Å². The average molecular weight is 354 g/mol. The Labute approximate surface area is 153 Å². The predicted molar refractivity (Wildman–Crippen MR) is 99.6 cm³/mol. The molecule has 1 heterocycles. The summed E-state index contributed by atoms with van der Waals surface area (Å²) >= 11 is 0. The molecule has 1 saturated heterocycles. The van der Waals surface area contributed by atoms with Crippen molar-refractivity contribution in [3.63, 3.8) is 0 Å². The lowest BCUT2D eigenvalue weighted by atomic mass is 9.96. The minimum Gasteiger partial charge on any atom is -0.338 e. The van der Waals surface area contributed by atoms with Crippen molar-refractivity contribution in [2.45, 2.75) is 26.7 Å². The first-order chi connectivity index (χ1) is 12.4. The Kier molecular flexibility index (Phi) is 5.35. The summed E-state index contributed by atoms with van der Waals surface area (Å²) in [7, 11) is 0. The molecule has 26 heavy (non-hydrogen) atoms. The second kappa shape index (κ2) is 7.68. The maximum Gasteiger partial charge on any atom is 0.253 e. The highest BCUT2D eigenvalue weighted by Crippen LogP contribution is 2.21. The molecule has 1 aliphatic heterocycles. The number of hydrogen-bond donors (Lipinski definition) is 1. The van der Waals surface area contributed by atoms with Crippen LogP contribution in [0, 0.1) is 25.6 Å². The van der Waals surface area contributed by atoms with Crippen molar-refractivity contribution in [3.8, 4) is 0 Å². The summed E-state index contributed by atoms with van der Waals surface area (Å²) in [5, 5.41) is 2.96. The highest BCUT2D eigenvalue weighted by Gasteiger charge is 2.29. The van der Waals surface area contributed by atoms with Crippen LogP contribution in [0.4, 0.5) is 10.1 Å². The van der Waals surface area contributed by atoms with Crippen LogP contribution in [-0.2, 0) is 4.79 Å². The quantitative estimate of drug-likeness (QED) is 0.908. The molecular weight excluding hydrogens is 331 g/mol. The van der Waals surface area contributed by atoms with Crippen LogP contribution in [0.25, 0.3) is 0 Å². The zero-order valence-corrected chi connectivity index (χ0v) is 15.1. The monoisotopic (exact) mass is 354 g/mol. The third kappa shape index (κ3) is 4.10. The van der Waals surface area contributed by atoms with Gasteiger partial charge in [-0.1, -0.05) is 6.07 Å². The first kappa shape index (κ1) is 18.1. The lowest BCUT2D eigenvalue weighted by Gasteiger charge is -2.32. The molecule has 0 radical (unpaired) electrons. The number of nitrogens with one attached hydrogen (secondary N) is 1. The first-order valence-electron chi connectivity index (χ1n) is 8.87. The van der Waals surface area contributed by atoms with Crippen LogP contribution in [0.15, 0.2) is 42.5 Å². The van der Waals surface area contributed by atoms with Crippen molar-refractivity contribution < 1.29 is 14.0 Å². The molecule has 4 nitrogen and oxygen atoms in total. The molecule has 0 saturated carbocycles. The van der Waals surface area contributed by atoms with E-state index in [1.165, 1.54) is 29.8 Å². The maximum atomic E-state index is 13.0. The molecule has 1 unspecified atom stereocenters. The largest absolute Gasteiger partial charge is 0.338 e. The van der Waals surface area contributed by atoms with E-state index in [0.717, 1.165) is 24.1 Å². The number of anilines is 1. The van der Waals surface area contributed by atoms with Crippen molar-refractivity contribution >= 4 is 17.5 Å². The van der Waals surface area contributed by atoms with Gasteiger partial charge in [-0.3, -0.25) is 9.59 Å². The smallest absolute Gasteiger partial charge is 0.253 e. The van der Waals surface area contributed by atoms with E-state index in [-0.39, 0.29) is 23.5 Å². The number of benzene rings is 2. The maximum absolute atomic E-state index is 13.0. The molecule has 2 amide bonds. The number of piperidine rings is 1. The lowest BCUT2D eigenvalue weighted by molar-refractivity contribution is -0.121. The molecule has 0 aromatic heterocycles. The van der Waals surface area contributed by atoms with Gasteiger partial charge < -0.3 is 10.2 Å². The van der Waals surface area contributed by atoms with Crippen molar-refractivity contribution in [2.24, 2.45) is 5.92 Å². The fraction of sp³-hybridized carbons (Fsp3) is 0.333. The van der Waals surface area contributed by atoms with Gasteiger partial charge in [0.15, 0.2) is 0 Å². The Bertz CT molecular complexity index is 817. The van der Waals surface area contributed by atoms with Gasteiger partial charge in [0.25, 0.3) is 5.91 Å². The molecule has 136 valence electrons. The van der Waals surface area contributed by atoms with Crippen LogP contribution >= 0.6 is 0 Å². The predicted octanol–water partition coefficient (Wildman–Crippen LogP) is 3.93. The molecule has 5 heteroatoms. The summed E-state index contributed by atoms with van der Waals surface area (Å²) in [6.07, 6.45) is 1.53. The van der Waals surface area contributed by atoms with Gasteiger partial charge in [-0.05, 0) is 74.2 Å². The Morgan fingerprint density at radius 1 is 1.08 bits per heavy atom. The number of rotatable bonds is 3. The Hall–Kier alpha value is -2.69. The van der Waals surface area contributed by atoms with Gasteiger partial charge in [0.1, 0.15) is 5.82 Å². The molecule has 3 rings (SSSR count). The Morgan fingerprint density at radius 3 is 2.50 bits per heavy atom. The van der Waals surface area contributed by atoms with Gasteiger partial charge in [0, 0.05) is 24.3 Å². The standard InChI is InChI=1S/C21H23FN2O2/c1-14-5-10-19(12-15(14)2)23-20(25)17-4-3-11-24(13-17)21(26)16-6-8-18(22)9-7-16/h5-10,12,17H,3-4,11,13H2,1-2H3,(H,23,25). The van der Waals surface area contributed by atoms with E-state index >= 15 is 0 Å². The Morgan fingerprint density at radius 2 is 1.81 bits per heavy atom. The summed E-state index contributed by atoms with van der Waals surface area (Å²) in [5.74, 6) is -0.834. The van der Waals surface area contributed by atoms with Crippen molar-refractivity contribution in [1.82, 2.24) is 4.90 Å². The fourth-order valence-electron chi connectivity index (χ4n) is 3.21. The van der Waals surface area contributed by atoms with Crippen molar-refractivity contribution in [2.75, 3.05) is 18.4 Å². The minimum atomic E-state index is -0.370. The molecule has 1 N–H and O–H groups in total. The third-order valence-corrected chi connectivity index (χ3v) is 4.95. The Balaban J connectivity index is 1.65. The van der Waals surface area contributed by atoms with Gasteiger partial charge in [-0.15, -0.1) is 0 Å². The van der Waals surface area contributed by atoms with E-state index in [1.54, 1.807) is 4.90 Å². The molecule has 0 aliphatic carbocycles. The summed E-state index contributed by atoms with van der Waals surface area (Å²) in [4.78, 5) is 26.9. The normalized spacial score (nSPS) is 17.0. The van der Waals surface area contributed by atoms with Crippen molar-refractivity contribution in [3.05, 3.63) is 65.0 Å². The van der Waals surface area contributed by atoms with Crippen molar-refractivity contribution in [1.29, 1.82) is 0 Å². The number of carbonyl (C=O) groups is 2. The van der Waals surface area contributed by atoms with E-state index in [4.69, 9.17) is 0 Å². The van der Waals surface area contributed by atoms with Gasteiger partial charge in [-0.2, -0.15) is 0 Å². The molecule has 1 aliphatic rings. The summed E-state index contributed by atoms with van der Waals surface area (Å²) in [6, 6.07) is 11.4. The number of hydrogen-bond acceptors (Lipinski definition) is 2. The third-order valence-electron chi connectivity index (χ3n) is 4.95. The highest BCUT2D eigenvalue weighted by atomic mass is 19.1. The molecule has 1 atom stereocenters. The second-order valence-corrected chi connectivity index (χ2v) is 6.89. The molecule has 1 fully saturated rings. The second-order valence-electron chi connectivity index (χ2n) is 6.89. The van der Waals surface area contributed by atoms with E-state index in [1.807, 2.05) is 32.0 Å². The number of likely N-dealkylation sites (tertiary alicyclic amines) is 1. The van der Waals surface area contributed by atoms with E-state index in [9.17, 15) is 14.0 Å². The molecule has 2 aromatic rings. The summed E-state index contributed by atoms with van der Waals surface area (Å²) < 4.78 is 13.0. The van der Waals surface area contributed by atoms with Crippen LogP contribution < -0.4 is 5.32 Å². The zero-order chi connectivity index (χ0) is 18.7. The fourth-order valence-corrected chi connectivity index (χ4v) is 3.21. The van der Waals surface area contributed by atoms with Crippen LogP contribution in [0.1, 0.15) is 34.3 Å². The van der Waals surface area contributed by atoms with Crippen LogP contribution in [0.3, 0.4) is 0 Å². The van der Waals surface area contributed by atoms with Crippen LogP contribution in [0.5, 0.6) is 0 Å². The summed E-state index contributed by atoms with van der Waals surface area (Å²) in [5.41, 5.74) is 3.53. The zero-order valence-electron chi connectivity index (χ0n) is 15.1.